The van der Waals surface area contributed by atoms with Crippen molar-refractivity contribution in [3.05, 3.63) is 45.3 Å². The quantitative estimate of drug-likeness (QED) is 0.466. The fraction of sp³-hybridized carbons (Fsp3) is 0.429. The van der Waals surface area contributed by atoms with E-state index in [4.69, 9.17) is 9.59 Å². The first-order valence-electron chi connectivity index (χ1n) is 6.23. The first-order valence-corrected chi connectivity index (χ1v) is 6.23. The summed E-state index contributed by atoms with van der Waals surface area (Å²) in [5.74, 6) is -2.76. The van der Waals surface area contributed by atoms with Gasteiger partial charge in [0.1, 0.15) is 5.82 Å². The molecule has 1 aromatic rings. The normalized spacial score (nSPS) is 12.2. The zero-order chi connectivity index (χ0) is 17.3. The van der Waals surface area contributed by atoms with Crippen LogP contribution in [-0.4, -0.2) is 30.7 Å². The van der Waals surface area contributed by atoms with E-state index in [9.17, 15) is 19.3 Å². The first kappa shape index (κ1) is 19.4. The molecule has 22 heavy (non-hydrogen) atoms. The Bertz CT molecular complexity index is 568. The number of nitro groups is 1. The molecule has 1 unspecified atom stereocenters. The minimum atomic E-state index is -0.844. The highest BCUT2D eigenvalue weighted by atomic mass is 19.1. The largest absolute Gasteiger partial charge is 0.469 e. The Hall–Kier alpha value is -2.60. The fourth-order valence-corrected chi connectivity index (χ4v) is 1.97. The average molecular weight is 313 g/mol. The average Bonchev–Trinajstić information content (AvgIpc) is 2.44. The van der Waals surface area contributed by atoms with Crippen molar-refractivity contribution in [3.8, 4) is 0 Å². The SMILES string of the molecule is COC(=O)C(C)[C@@H](C[N+](=O)[O-])c1ccc(C)cc1F.O=C=O. The Kier molecular flexibility index (Phi) is 8.25. The summed E-state index contributed by atoms with van der Waals surface area (Å²) in [6.45, 7) is 2.70. The van der Waals surface area contributed by atoms with Crippen LogP contribution < -0.4 is 0 Å². The third-order valence-corrected chi connectivity index (χ3v) is 3.08. The summed E-state index contributed by atoms with van der Waals surface area (Å²) in [4.78, 5) is 37.9. The molecule has 0 amide bonds. The van der Waals surface area contributed by atoms with Crippen molar-refractivity contribution in [1.82, 2.24) is 0 Å². The van der Waals surface area contributed by atoms with Crippen LogP contribution in [0, 0.1) is 28.8 Å². The molecule has 0 aliphatic heterocycles. The van der Waals surface area contributed by atoms with Gasteiger partial charge in [0.2, 0.25) is 6.54 Å². The summed E-state index contributed by atoms with van der Waals surface area (Å²) in [5.41, 5.74) is 0.882. The highest BCUT2D eigenvalue weighted by Gasteiger charge is 2.32. The van der Waals surface area contributed by atoms with Crippen molar-refractivity contribution >= 4 is 12.1 Å². The molecule has 0 heterocycles. The molecule has 0 saturated heterocycles. The van der Waals surface area contributed by atoms with Crippen LogP contribution in [0.5, 0.6) is 0 Å². The molecule has 0 saturated carbocycles. The van der Waals surface area contributed by atoms with E-state index < -0.39 is 35.1 Å². The van der Waals surface area contributed by atoms with E-state index in [0.29, 0.717) is 5.56 Å². The van der Waals surface area contributed by atoms with Gasteiger partial charge in [-0.1, -0.05) is 19.1 Å². The Morgan fingerprint density at radius 2 is 2.00 bits per heavy atom. The van der Waals surface area contributed by atoms with E-state index in [1.165, 1.54) is 26.2 Å². The molecule has 0 radical (unpaired) electrons. The molecule has 0 N–H and O–H groups in total. The van der Waals surface area contributed by atoms with Crippen molar-refractivity contribution in [2.24, 2.45) is 5.92 Å². The summed E-state index contributed by atoms with van der Waals surface area (Å²) < 4.78 is 18.5. The Labute approximate surface area is 126 Å². The second kappa shape index (κ2) is 9.36. The van der Waals surface area contributed by atoms with Crippen molar-refractivity contribution < 1.29 is 28.4 Å². The highest BCUT2D eigenvalue weighted by molar-refractivity contribution is 5.73. The van der Waals surface area contributed by atoms with Gasteiger partial charge in [0.25, 0.3) is 0 Å². The zero-order valence-corrected chi connectivity index (χ0v) is 12.4. The molecule has 2 atom stereocenters. The predicted molar refractivity (Wildman–Crippen MR) is 71.9 cm³/mol. The number of hydrogen-bond donors (Lipinski definition) is 0. The van der Waals surface area contributed by atoms with Crippen LogP contribution in [0.15, 0.2) is 18.2 Å². The third-order valence-electron chi connectivity index (χ3n) is 3.08. The third kappa shape index (κ3) is 5.80. The molecule has 1 rings (SSSR count). The van der Waals surface area contributed by atoms with Crippen LogP contribution in [-0.2, 0) is 19.1 Å². The number of halogens is 1. The van der Waals surface area contributed by atoms with E-state index in [1.807, 2.05) is 0 Å². The van der Waals surface area contributed by atoms with Crippen LogP contribution in [0.2, 0.25) is 0 Å². The Balaban J connectivity index is 0.00000135. The fourth-order valence-electron chi connectivity index (χ4n) is 1.97. The van der Waals surface area contributed by atoms with Gasteiger partial charge >= 0.3 is 12.1 Å². The van der Waals surface area contributed by atoms with Gasteiger partial charge in [0.05, 0.1) is 18.9 Å². The lowest BCUT2D eigenvalue weighted by molar-refractivity contribution is -0.484. The van der Waals surface area contributed by atoms with Gasteiger partial charge < -0.3 is 4.74 Å². The second-order valence-electron chi connectivity index (χ2n) is 4.54. The van der Waals surface area contributed by atoms with Crippen molar-refractivity contribution in [2.75, 3.05) is 13.7 Å². The topological polar surface area (TPSA) is 104 Å². The standard InChI is InChI=1S/C13H16FNO4.CO2/c1-8-4-5-10(12(14)6-8)11(7-15(17)18)9(2)13(16)19-3;2-1-3/h4-6,9,11H,7H2,1-3H3;/t9?,11-;/m1./s1. The van der Waals surface area contributed by atoms with Crippen molar-refractivity contribution in [1.29, 1.82) is 0 Å². The van der Waals surface area contributed by atoms with Crippen LogP contribution in [0.3, 0.4) is 0 Å². The van der Waals surface area contributed by atoms with E-state index in [0.717, 1.165) is 0 Å². The number of esters is 1. The molecule has 0 aliphatic rings. The van der Waals surface area contributed by atoms with Crippen LogP contribution >= 0.6 is 0 Å². The molecule has 0 aromatic heterocycles. The van der Waals surface area contributed by atoms with Gasteiger partial charge in [-0.2, -0.15) is 9.59 Å². The van der Waals surface area contributed by atoms with Gasteiger partial charge in [-0.15, -0.1) is 0 Å². The zero-order valence-electron chi connectivity index (χ0n) is 12.4. The number of nitrogens with zero attached hydrogens (tertiary/aromatic N) is 1. The Morgan fingerprint density at radius 3 is 2.41 bits per heavy atom. The second-order valence-corrected chi connectivity index (χ2v) is 4.54. The number of ether oxygens (including phenoxy) is 1. The maximum atomic E-state index is 13.9. The summed E-state index contributed by atoms with van der Waals surface area (Å²) >= 11 is 0. The molecule has 1 aromatic carbocycles. The number of carbonyl (C=O) groups is 1. The van der Waals surface area contributed by atoms with Crippen molar-refractivity contribution in [2.45, 2.75) is 19.8 Å². The molecule has 0 aliphatic carbocycles. The monoisotopic (exact) mass is 313 g/mol. The summed E-state index contributed by atoms with van der Waals surface area (Å²) in [6.07, 6.45) is 0.250. The number of benzene rings is 1. The lowest BCUT2D eigenvalue weighted by Gasteiger charge is -2.19. The number of carbonyl (C=O) groups excluding carboxylic acids is 3. The first-order chi connectivity index (χ1) is 10.3. The summed E-state index contributed by atoms with van der Waals surface area (Å²) in [5, 5.41) is 10.7. The maximum Gasteiger partial charge on any atom is 0.373 e. The predicted octanol–water partition coefficient (Wildman–Crippen LogP) is 1.72. The number of aryl methyl sites for hydroxylation is 1. The highest BCUT2D eigenvalue weighted by Crippen LogP contribution is 2.28. The van der Waals surface area contributed by atoms with Crippen molar-refractivity contribution in [3.63, 3.8) is 0 Å². The van der Waals surface area contributed by atoms with Gasteiger partial charge in [0, 0.05) is 4.92 Å². The molecule has 8 heteroatoms. The summed E-state index contributed by atoms with van der Waals surface area (Å²) in [6, 6.07) is 4.44. The van der Waals surface area contributed by atoms with Gasteiger partial charge in [-0.25, -0.2) is 4.39 Å². The van der Waals surface area contributed by atoms with Crippen LogP contribution in [0.25, 0.3) is 0 Å². The molecule has 120 valence electrons. The Morgan fingerprint density at radius 1 is 1.45 bits per heavy atom. The van der Waals surface area contributed by atoms with Crippen LogP contribution in [0.4, 0.5) is 4.39 Å². The number of hydrogen-bond acceptors (Lipinski definition) is 6. The molecule has 0 spiro atoms. The molecular formula is C14H16FNO6. The molecule has 0 bridgehead atoms. The lowest BCUT2D eigenvalue weighted by atomic mass is 9.86. The minimum Gasteiger partial charge on any atom is -0.469 e. The molecule has 7 nitrogen and oxygen atoms in total. The van der Waals surface area contributed by atoms with Gasteiger partial charge in [0.15, 0.2) is 0 Å². The minimum absolute atomic E-state index is 0.167. The smallest absolute Gasteiger partial charge is 0.373 e. The molecule has 0 fully saturated rings. The maximum absolute atomic E-state index is 13.9. The summed E-state index contributed by atoms with van der Waals surface area (Å²) in [7, 11) is 1.20. The molecular weight excluding hydrogens is 297 g/mol. The van der Waals surface area contributed by atoms with Crippen LogP contribution in [0.1, 0.15) is 24.0 Å². The number of methoxy groups -OCH3 is 1. The van der Waals surface area contributed by atoms with Gasteiger partial charge in [-0.05, 0) is 24.1 Å². The van der Waals surface area contributed by atoms with E-state index in [-0.39, 0.29) is 11.7 Å². The van der Waals surface area contributed by atoms with E-state index in [2.05, 4.69) is 4.74 Å². The van der Waals surface area contributed by atoms with Gasteiger partial charge in [-0.3, -0.25) is 14.9 Å². The van der Waals surface area contributed by atoms with E-state index in [1.54, 1.807) is 13.0 Å². The lowest BCUT2D eigenvalue weighted by Crippen LogP contribution is -2.27. The van der Waals surface area contributed by atoms with E-state index >= 15 is 0 Å². The number of rotatable bonds is 5.